The van der Waals surface area contributed by atoms with Crippen LogP contribution in [0.5, 0.6) is 0 Å². The standard InChI is InChI=1S/C10H22O.C6H4.HOP/c1-3-5-7-9-11-10-8-6-4-2;1-2-6-4-3-5(1)6;1-2/h3-10H2,1-2H3;1-4H;2H. The highest BCUT2D eigenvalue weighted by atomic mass is 31.0. The molecule has 0 aromatic carbocycles. The molecule has 108 valence electrons. The van der Waals surface area contributed by atoms with E-state index in [0.29, 0.717) is 0 Å². The van der Waals surface area contributed by atoms with E-state index in [1.54, 1.807) is 9.12 Å². The summed E-state index contributed by atoms with van der Waals surface area (Å²) in [6.07, 6.45) is 7.68. The molecule has 0 bridgehead atoms. The Bertz CT molecular complexity index is 269. The third-order valence-electron chi connectivity index (χ3n) is 3.00. The first-order valence-corrected chi connectivity index (χ1v) is 7.68. The van der Waals surface area contributed by atoms with Crippen LogP contribution in [-0.4, -0.2) is 13.2 Å². The predicted octanol–water partition coefficient (Wildman–Crippen LogP) is 5.53. The zero-order chi connectivity index (χ0) is 14.3. The molecule has 0 saturated heterocycles. The van der Waals surface area contributed by atoms with Crippen molar-refractivity contribution in [1.82, 2.24) is 0 Å². The number of hydrogen-bond donors (Lipinski definition) is 0. The summed E-state index contributed by atoms with van der Waals surface area (Å²) in [5.74, 6) is 0. The molecule has 0 saturated carbocycles. The van der Waals surface area contributed by atoms with E-state index in [0.717, 1.165) is 13.2 Å². The van der Waals surface area contributed by atoms with Crippen LogP contribution in [0.15, 0.2) is 24.3 Å². The third-order valence-corrected chi connectivity index (χ3v) is 3.00. The Labute approximate surface area is 120 Å². The first-order valence-electron chi connectivity index (χ1n) is 7.27. The van der Waals surface area contributed by atoms with Crippen molar-refractivity contribution in [3.63, 3.8) is 0 Å². The maximum atomic E-state index is 8.06. The van der Waals surface area contributed by atoms with Gasteiger partial charge in [0.2, 0.25) is 0 Å². The highest BCUT2D eigenvalue weighted by Gasteiger charge is 2.03. The molecule has 0 N–H and O–H groups in total. The van der Waals surface area contributed by atoms with Gasteiger partial charge in [0.05, 0.1) is 0 Å². The fourth-order valence-electron chi connectivity index (χ4n) is 1.67. The van der Waals surface area contributed by atoms with Crippen molar-refractivity contribution < 1.29 is 9.30 Å². The Kier molecular flexibility index (Phi) is 13.2. The van der Waals surface area contributed by atoms with Gasteiger partial charge in [0.15, 0.2) is 0 Å². The largest absolute Gasteiger partial charge is 0.381 e. The highest BCUT2D eigenvalue weighted by Crippen LogP contribution is 2.29. The van der Waals surface area contributed by atoms with E-state index in [-0.39, 0.29) is 0 Å². The van der Waals surface area contributed by atoms with E-state index < -0.39 is 0 Å². The maximum Gasteiger partial charge on any atom is 0.138 e. The van der Waals surface area contributed by atoms with Crippen LogP contribution >= 0.6 is 9.12 Å². The Morgan fingerprint density at radius 2 is 1.16 bits per heavy atom. The highest BCUT2D eigenvalue weighted by molar-refractivity contribution is 7.00. The second kappa shape index (κ2) is 13.7. The maximum absolute atomic E-state index is 8.06. The van der Waals surface area contributed by atoms with E-state index >= 15 is 0 Å². The van der Waals surface area contributed by atoms with Crippen LogP contribution < -0.4 is 0 Å². The van der Waals surface area contributed by atoms with E-state index in [9.17, 15) is 0 Å². The van der Waals surface area contributed by atoms with Crippen LogP contribution in [0.1, 0.15) is 52.4 Å². The Morgan fingerprint density at radius 1 is 0.789 bits per heavy atom. The minimum absolute atomic E-state index is 0.970. The lowest BCUT2D eigenvalue weighted by Crippen LogP contribution is -1.96. The topological polar surface area (TPSA) is 26.3 Å². The van der Waals surface area contributed by atoms with Gasteiger partial charge < -0.3 is 4.74 Å². The van der Waals surface area contributed by atoms with E-state index in [4.69, 9.17) is 9.30 Å². The van der Waals surface area contributed by atoms with Crippen molar-refractivity contribution in [3.05, 3.63) is 24.3 Å². The molecule has 0 aromatic rings. The summed E-state index contributed by atoms with van der Waals surface area (Å²) in [7, 11) is 1.72. The molecule has 3 heteroatoms. The van der Waals surface area contributed by atoms with Crippen molar-refractivity contribution in [2.45, 2.75) is 52.4 Å². The minimum Gasteiger partial charge on any atom is -0.381 e. The predicted molar refractivity (Wildman–Crippen MR) is 84.3 cm³/mol. The number of hydrogen-bond acceptors (Lipinski definition) is 2. The quantitative estimate of drug-likeness (QED) is 0.470. The molecular formula is C16H27O2P. The van der Waals surface area contributed by atoms with Gasteiger partial charge in [-0.3, -0.25) is 4.57 Å². The van der Waals surface area contributed by atoms with Gasteiger partial charge in [-0.1, -0.05) is 63.8 Å². The second-order valence-corrected chi connectivity index (χ2v) is 4.60. The Balaban J connectivity index is 0.000000333. The third kappa shape index (κ3) is 8.91. The van der Waals surface area contributed by atoms with Gasteiger partial charge in [-0.15, -0.1) is 0 Å². The molecule has 0 fully saturated rings. The van der Waals surface area contributed by atoms with Gasteiger partial charge >= 0.3 is 0 Å². The molecule has 0 amide bonds. The zero-order valence-electron chi connectivity index (χ0n) is 12.3. The lowest BCUT2D eigenvalue weighted by molar-refractivity contribution is 0.126. The minimum atomic E-state index is 0.970. The van der Waals surface area contributed by atoms with Crippen LogP contribution in [0.3, 0.4) is 0 Å². The number of fused-ring (bicyclic) bond motifs is 1. The van der Waals surface area contributed by atoms with Gasteiger partial charge in [0, 0.05) is 13.2 Å². The molecule has 19 heavy (non-hydrogen) atoms. The lowest BCUT2D eigenvalue weighted by Gasteiger charge is -2.10. The molecule has 0 heterocycles. The molecule has 2 aliphatic rings. The molecule has 0 unspecified atom stereocenters. The first-order chi connectivity index (χ1) is 9.38. The SMILES string of the molecule is CCCCCOCCCCC.O=P.c1cc2ccc1-2. The van der Waals surface area contributed by atoms with Crippen LogP contribution in [0, 0.1) is 0 Å². The summed E-state index contributed by atoms with van der Waals surface area (Å²) in [4.78, 5) is 0. The van der Waals surface area contributed by atoms with Crippen LogP contribution in [0.2, 0.25) is 0 Å². The molecule has 2 nitrogen and oxygen atoms in total. The Morgan fingerprint density at radius 3 is 1.37 bits per heavy atom. The van der Waals surface area contributed by atoms with E-state index in [1.165, 1.54) is 49.7 Å². The fraction of sp³-hybridized carbons (Fsp3) is 0.625. The summed E-state index contributed by atoms with van der Waals surface area (Å²) in [5.41, 5.74) is 2.85. The van der Waals surface area contributed by atoms with Gasteiger partial charge in [-0.25, -0.2) is 0 Å². The monoisotopic (exact) mass is 282 g/mol. The molecule has 2 rings (SSSR count). The molecule has 0 aromatic heterocycles. The number of rotatable bonds is 8. The smallest absolute Gasteiger partial charge is 0.138 e. The van der Waals surface area contributed by atoms with Crippen LogP contribution in [0.4, 0.5) is 0 Å². The van der Waals surface area contributed by atoms with E-state index in [2.05, 4.69) is 38.1 Å². The summed E-state index contributed by atoms with van der Waals surface area (Å²) < 4.78 is 13.5. The average molecular weight is 282 g/mol. The summed E-state index contributed by atoms with van der Waals surface area (Å²) in [5, 5.41) is 0. The van der Waals surface area contributed by atoms with Gasteiger partial charge in [0.25, 0.3) is 0 Å². The van der Waals surface area contributed by atoms with Gasteiger partial charge in [0.1, 0.15) is 9.12 Å². The summed E-state index contributed by atoms with van der Waals surface area (Å²) in [6, 6.07) is 8.48. The lowest BCUT2D eigenvalue weighted by atomic mass is 9.95. The molecule has 0 radical (unpaired) electrons. The van der Waals surface area contributed by atoms with Gasteiger partial charge in [-0.2, -0.15) is 0 Å². The average Bonchev–Trinajstić information content (AvgIpc) is 2.45. The number of benzene rings is 1. The first kappa shape index (κ1) is 18.3. The second-order valence-electron chi connectivity index (χ2n) is 4.60. The zero-order valence-corrected chi connectivity index (χ0v) is 13.3. The molecular weight excluding hydrogens is 255 g/mol. The van der Waals surface area contributed by atoms with Crippen LogP contribution in [0.25, 0.3) is 11.1 Å². The fourth-order valence-corrected chi connectivity index (χ4v) is 1.67. The normalized spacial score (nSPS) is 9.79. The van der Waals surface area contributed by atoms with Crippen molar-refractivity contribution in [2.75, 3.05) is 13.2 Å². The summed E-state index contributed by atoms with van der Waals surface area (Å²) >= 11 is 0. The molecule has 0 spiro atoms. The molecule has 0 atom stereocenters. The molecule has 0 aliphatic heterocycles. The van der Waals surface area contributed by atoms with Gasteiger partial charge in [-0.05, 0) is 24.0 Å². The van der Waals surface area contributed by atoms with Crippen molar-refractivity contribution in [3.8, 4) is 11.1 Å². The van der Waals surface area contributed by atoms with Crippen molar-refractivity contribution in [1.29, 1.82) is 0 Å². The van der Waals surface area contributed by atoms with Crippen LogP contribution in [-0.2, 0) is 9.30 Å². The van der Waals surface area contributed by atoms with Crippen molar-refractivity contribution >= 4 is 9.12 Å². The summed E-state index contributed by atoms with van der Waals surface area (Å²) in [6.45, 7) is 6.38. The Hall–Kier alpha value is -0.720. The van der Waals surface area contributed by atoms with E-state index in [1.807, 2.05) is 0 Å². The van der Waals surface area contributed by atoms with Crippen molar-refractivity contribution in [2.24, 2.45) is 0 Å². The molecule has 2 aliphatic carbocycles. The number of unbranched alkanes of at least 4 members (excludes halogenated alkanes) is 4. The number of ether oxygens (including phenoxy) is 1.